The highest BCUT2D eigenvalue weighted by atomic mass is 16.5. The largest absolute Gasteiger partial charge is 0.494 e. The maximum absolute atomic E-state index is 12.4. The number of urea groups is 1. The number of carbonyl (C=O) groups is 1. The van der Waals surface area contributed by atoms with Gasteiger partial charge in [0.25, 0.3) is 0 Å². The Hall–Kier alpha value is -1.75. The highest BCUT2D eigenvalue weighted by Gasteiger charge is 2.38. The van der Waals surface area contributed by atoms with E-state index in [1.54, 1.807) is 18.7 Å². The van der Waals surface area contributed by atoms with Crippen LogP contribution in [0, 0.1) is 0 Å². The molecule has 1 fully saturated rings. The first-order valence-corrected chi connectivity index (χ1v) is 7.44. The van der Waals surface area contributed by atoms with Gasteiger partial charge in [-0.15, -0.1) is 0 Å². The van der Waals surface area contributed by atoms with Crippen LogP contribution >= 0.6 is 0 Å². The Kier molecular flexibility index (Phi) is 4.73. The van der Waals surface area contributed by atoms with Crippen molar-refractivity contribution in [2.75, 3.05) is 18.5 Å². The first kappa shape index (κ1) is 15.6. The number of hydrogen-bond acceptors (Lipinski definition) is 3. The zero-order valence-corrected chi connectivity index (χ0v) is 12.9. The summed E-state index contributed by atoms with van der Waals surface area (Å²) in [6.45, 7) is 6.73. The van der Waals surface area contributed by atoms with Gasteiger partial charge in [-0.2, -0.15) is 0 Å². The molecule has 0 spiro atoms. The van der Waals surface area contributed by atoms with Crippen molar-refractivity contribution in [1.29, 1.82) is 0 Å². The fourth-order valence-electron chi connectivity index (χ4n) is 2.74. The van der Waals surface area contributed by atoms with E-state index in [1.807, 2.05) is 31.2 Å². The molecule has 2 N–H and O–H groups in total. The molecule has 0 aliphatic carbocycles. The molecule has 21 heavy (non-hydrogen) atoms. The molecule has 1 aromatic carbocycles. The van der Waals surface area contributed by atoms with Crippen molar-refractivity contribution in [2.24, 2.45) is 0 Å². The first-order valence-electron chi connectivity index (χ1n) is 7.44. The molecule has 1 unspecified atom stereocenters. The van der Waals surface area contributed by atoms with Gasteiger partial charge in [-0.25, -0.2) is 4.79 Å². The summed E-state index contributed by atoms with van der Waals surface area (Å²) in [5, 5.41) is 13.0. The minimum atomic E-state index is -0.882. The van der Waals surface area contributed by atoms with Gasteiger partial charge in [-0.3, -0.25) is 0 Å². The summed E-state index contributed by atoms with van der Waals surface area (Å²) in [6.07, 6.45) is 1.76. The number of anilines is 1. The van der Waals surface area contributed by atoms with Crippen molar-refractivity contribution in [3.8, 4) is 5.75 Å². The Bertz CT molecular complexity index is 479. The predicted octanol–water partition coefficient (Wildman–Crippen LogP) is 2.85. The Morgan fingerprint density at radius 1 is 1.43 bits per heavy atom. The third kappa shape index (κ3) is 3.88. The van der Waals surface area contributed by atoms with Gasteiger partial charge >= 0.3 is 6.03 Å². The van der Waals surface area contributed by atoms with Crippen molar-refractivity contribution < 1.29 is 14.6 Å². The molecule has 0 radical (unpaired) electrons. The van der Waals surface area contributed by atoms with Crippen molar-refractivity contribution >= 4 is 11.7 Å². The van der Waals surface area contributed by atoms with Crippen molar-refractivity contribution in [3.05, 3.63) is 24.3 Å². The normalized spacial score (nSPS) is 18.7. The summed E-state index contributed by atoms with van der Waals surface area (Å²) in [7, 11) is 0. The lowest BCUT2D eigenvalue weighted by molar-refractivity contribution is 0.0117. The Morgan fingerprint density at radius 3 is 2.67 bits per heavy atom. The Balaban J connectivity index is 2.00. The summed E-state index contributed by atoms with van der Waals surface area (Å²) in [5.41, 5.74) is -0.156. The molecule has 1 aliphatic rings. The van der Waals surface area contributed by atoms with E-state index in [0.29, 0.717) is 13.2 Å². The predicted molar refractivity (Wildman–Crippen MR) is 82.7 cm³/mol. The van der Waals surface area contributed by atoms with Crippen LogP contribution in [-0.4, -0.2) is 40.8 Å². The number of nitrogens with one attached hydrogen (secondary N) is 1. The second-order valence-electron chi connectivity index (χ2n) is 5.89. The fourth-order valence-corrected chi connectivity index (χ4v) is 2.74. The summed E-state index contributed by atoms with van der Waals surface area (Å²) in [4.78, 5) is 14.1. The minimum absolute atomic E-state index is 0.139. The molecule has 1 atom stereocenters. The average molecular weight is 292 g/mol. The number of hydrogen-bond donors (Lipinski definition) is 2. The number of carbonyl (C=O) groups excluding carboxylic acids is 1. The van der Waals surface area contributed by atoms with E-state index in [2.05, 4.69) is 5.32 Å². The van der Waals surface area contributed by atoms with Crippen LogP contribution in [-0.2, 0) is 0 Å². The average Bonchev–Trinajstić information content (AvgIpc) is 2.90. The maximum atomic E-state index is 12.4. The molecule has 1 aromatic rings. The second kappa shape index (κ2) is 6.35. The zero-order chi connectivity index (χ0) is 15.5. The number of amides is 2. The molecule has 5 heteroatoms. The van der Waals surface area contributed by atoms with E-state index in [0.717, 1.165) is 24.3 Å². The van der Waals surface area contributed by atoms with Gasteiger partial charge in [-0.1, -0.05) is 0 Å². The summed E-state index contributed by atoms with van der Waals surface area (Å²) >= 11 is 0. The molecule has 0 aromatic heterocycles. The molecule has 1 heterocycles. The maximum Gasteiger partial charge on any atom is 0.322 e. The molecule has 1 saturated heterocycles. The topological polar surface area (TPSA) is 61.8 Å². The standard InChI is InChI=1S/C16H24N2O3/c1-4-21-13-9-7-12(8-10-13)17-15(19)18-11-5-6-14(18)16(2,3)20/h7-10,14,20H,4-6,11H2,1-3H3,(H,17,19). The van der Waals surface area contributed by atoms with Crippen LogP contribution in [0.3, 0.4) is 0 Å². The van der Waals surface area contributed by atoms with E-state index in [-0.39, 0.29) is 12.1 Å². The third-order valence-corrected chi connectivity index (χ3v) is 3.75. The van der Waals surface area contributed by atoms with Crippen LogP contribution in [0.4, 0.5) is 10.5 Å². The fraction of sp³-hybridized carbons (Fsp3) is 0.562. The molecule has 1 aliphatic heterocycles. The second-order valence-corrected chi connectivity index (χ2v) is 5.89. The highest BCUT2D eigenvalue weighted by molar-refractivity contribution is 5.89. The summed E-state index contributed by atoms with van der Waals surface area (Å²) in [5.74, 6) is 0.783. The van der Waals surface area contributed by atoms with E-state index in [9.17, 15) is 9.90 Å². The molecule has 0 saturated carbocycles. The number of likely N-dealkylation sites (tertiary alicyclic amines) is 1. The van der Waals surface area contributed by atoms with Crippen LogP contribution in [0.15, 0.2) is 24.3 Å². The van der Waals surface area contributed by atoms with Crippen molar-refractivity contribution in [1.82, 2.24) is 4.90 Å². The number of nitrogens with zero attached hydrogens (tertiary/aromatic N) is 1. The van der Waals surface area contributed by atoms with Crippen LogP contribution in [0.2, 0.25) is 0 Å². The van der Waals surface area contributed by atoms with Crippen LogP contribution in [0.5, 0.6) is 5.75 Å². The lowest BCUT2D eigenvalue weighted by atomic mass is 9.97. The van der Waals surface area contributed by atoms with Crippen LogP contribution in [0.25, 0.3) is 0 Å². The van der Waals surface area contributed by atoms with E-state index in [4.69, 9.17) is 4.74 Å². The quantitative estimate of drug-likeness (QED) is 0.897. The molecular weight excluding hydrogens is 268 g/mol. The molecule has 116 valence electrons. The molecule has 2 amide bonds. The SMILES string of the molecule is CCOc1ccc(NC(=O)N2CCCC2C(C)(C)O)cc1. The Morgan fingerprint density at radius 2 is 2.10 bits per heavy atom. The van der Waals surface area contributed by atoms with Crippen LogP contribution in [0.1, 0.15) is 33.6 Å². The van der Waals surface area contributed by atoms with E-state index >= 15 is 0 Å². The number of aliphatic hydroxyl groups is 1. The summed E-state index contributed by atoms with van der Waals surface area (Å²) < 4.78 is 5.37. The lowest BCUT2D eigenvalue weighted by Crippen LogP contribution is -2.49. The van der Waals surface area contributed by atoms with Gasteiger partial charge in [-0.05, 0) is 57.9 Å². The smallest absolute Gasteiger partial charge is 0.322 e. The Labute approximate surface area is 125 Å². The number of ether oxygens (including phenoxy) is 1. The van der Waals surface area contributed by atoms with Crippen molar-refractivity contribution in [3.63, 3.8) is 0 Å². The van der Waals surface area contributed by atoms with Gasteiger partial charge in [0, 0.05) is 12.2 Å². The van der Waals surface area contributed by atoms with Gasteiger partial charge in [0.2, 0.25) is 0 Å². The van der Waals surface area contributed by atoms with Gasteiger partial charge in [0.05, 0.1) is 18.2 Å². The van der Waals surface area contributed by atoms with Gasteiger partial charge in [0.15, 0.2) is 0 Å². The molecule has 5 nitrogen and oxygen atoms in total. The monoisotopic (exact) mass is 292 g/mol. The molecule has 2 rings (SSSR count). The first-order chi connectivity index (χ1) is 9.91. The van der Waals surface area contributed by atoms with Gasteiger partial charge < -0.3 is 20.1 Å². The molecular formula is C16H24N2O3. The minimum Gasteiger partial charge on any atom is -0.494 e. The zero-order valence-electron chi connectivity index (χ0n) is 12.9. The number of rotatable bonds is 4. The number of benzene rings is 1. The lowest BCUT2D eigenvalue weighted by Gasteiger charge is -2.33. The highest BCUT2D eigenvalue weighted by Crippen LogP contribution is 2.27. The molecule has 0 bridgehead atoms. The third-order valence-electron chi connectivity index (χ3n) is 3.75. The van der Waals surface area contributed by atoms with Gasteiger partial charge in [0.1, 0.15) is 5.75 Å². The van der Waals surface area contributed by atoms with E-state index < -0.39 is 5.60 Å². The van der Waals surface area contributed by atoms with Crippen molar-refractivity contribution in [2.45, 2.75) is 45.3 Å². The van der Waals surface area contributed by atoms with Crippen LogP contribution < -0.4 is 10.1 Å². The summed E-state index contributed by atoms with van der Waals surface area (Å²) in [6, 6.07) is 6.99. The van der Waals surface area contributed by atoms with E-state index in [1.165, 1.54) is 0 Å².